The van der Waals surface area contributed by atoms with E-state index in [0.29, 0.717) is 10.0 Å². The third kappa shape index (κ3) is 1.84. The van der Waals surface area contributed by atoms with Crippen LogP contribution in [0.15, 0.2) is 24.5 Å². The van der Waals surface area contributed by atoms with Gasteiger partial charge in [-0.2, -0.15) is 0 Å². The Bertz CT molecular complexity index is 550. The molecule has 1 aliphatic heterocycles. The molecular weight excluding hydrogens is 257 g/mol. The van der Waals surface area contributed by atoms with Gasteiger partial charge in [0.05, 0.1) is 28.1 Å². The number of nitrogens with zero attached hydrogens (tertiary/aromatic N) is 1. The van der Waals surface area contributed by atoms with Crippen molar-refractivity contribution in [1.29, 1.82) is 0 Å². The monoisotopic (exact) mass is 267 g/mol. The molecule has 1 atom stereocenters. The maximum absolute atomic E-state index is 6.25. The van der Waals surface area contributed by atoms with Gasteiger partial charge >= 0.3 is 0 Å². The third-order valence-corrected chi connectivity index (χ3v) is 3.87. The van der Waals surface area contributed by atoms with E-state index < -0.39 is 0 Å². The predicted molar refractivity (Wildman–Crippen MR) is 68.6 cm³/mol. The van der Waals surface area contributed by atoms with Gasteiger partial charge in [0, 0.05) is 18.7 Å². The smallest absolute Gasteiger partial charge is 0.0926 e. The van der Waals surface area contributed by atoms with E-state index >= 15 is 0 Å². The van der Waals surface area contributed by atoms with E-state index in [0.717, 1.165) is 24.2 Å². The fourth-order valence-corrected chi connectivity index (χ4v) is 2.64. The largest absolute Gasteiger partial charge is 0.348 e. The van der Waals surface area contributed by atoms with Crippen molar-refractivity contribution in [1.82, 2.24) is 15.3 Å². The molecule has 1 aromatic heterocycles. The first kappa shape index (κ1) is 11.1. The van der Waals surface area contributed by atoms with E-state index in [1.165, 1.54) is 5.69 Å². The Hall–Kier alpha value is -1.03. The number of rotatable bonds is 1. The third-order valence-electron chi connectivity index (χ3n) is 3.04. The quantitative estimate of drug-likeness (QED) is 0.834. The standard InChI is InChI=1S/C12H11Cl2N3/c13-8-3-1-2-7(10(8)14)11-12-9(4-5-15-11)16-6-17-12/h1-3,6,11,15H,4-5H2,(H,16,17)/t11-/m0/s1. The van der Waals surface area contributed by atoms with Gasteiger partial charge in [0.2, 0.25) is 0 Å². The number of imidazole rings is 1. The van der Waals surface area contributed by atoms with Crippen LogP contribution in [0.3, 0.4) is 0 Å². The minimum absolute atomic E-state index is 0.0243. The molecule has 0 amide bonds. The Morgan fingerprint density at radius 1 is 1.29 bits per heavy atom. The van der Waals surface area contributed by atoms with Crippen LogP contribution >= 0.6 is 23.2 Å². The summed E-state index contributed by atoms with van der Waals surface area (Å²) < 4.78 is 0. The van der Waals surface area contributed by atoms with Crippen molar-refractivity contribution in [2.45, 2.75) is 12.5 Å². The molecule has 17 heavy (non-hydrogen) atoms. The second-order valence-electron chi connectivity index (χ2n) is 4.05. The Morgan fingerprint density at radius 3 is 3.06 bits per heavy atom. The van der Waals surface area contributed by atoms with Gasteiger partial charge in [-0.1, -0.05) is 35.3 Å². The summed E-state index contributed by atoms with van der Waals surface area (Å²) in [5, 5.41) is 4.60. The average molecular weight is 268 g/mol. The van der Waals surface area contributed by atoms with Crippen LogP contribution in [0.25, 0.3) is 0 Å². The number of H-pyrrole nitrogens is 1. The first-order chi connectivity index (χ1) is 8.27. The molecule has 0 radical (unpaired) electrons. The van der Waals surface area contributed by atoms with Crippen molar-refractivity contribution in [2.24, 2.45) is 0 Å². The Kier molecular flexibility index (Phi) is 2.82. The summed E-state index contributed by atoms with van der Waals surface area (Å²) in [5.74, 6) is 0. The fraction of sp³-hybridized carbons (Fsp3) is 0.250. The fourth-order valence-electron chi connectivity index (χ4n) is 2.22. The molecule has 5 heteroatoms. The zero-order valence-corrected chi connectivity index (χ0v) is 10.5. The van der Waals surface area contributed by atoms with E-state index in [2.05, 4.69) is 15.3 Å². The highest BCUT2D eigenvalue weighted by atomic mass is 35.5. The van der Waals surface area contributed by atoms with Crippen LogP contribution < -0.4 is 5.32 Å². The van der Waals surface area contributed by atoms with E-state index in [4.69, 9.17) is 23.2 Å². The van der Waals surface area contributed by atoms with Gasteiger partial charge < -0.3 is 10.3 Å². The minimum Gasteiger partial charge on any atom is -0.348 e. The minimum atomic E-state index is 0.0243. The van der Waals surface area contributed by atoms with E-state index in [-0.39, 0.29) is 6.04 Å². The molecule has 0 bridgehead atoms. The van der Waals surface area contributed by atoms with Gasteiger partial charge in [-0.05, 0) is 11.6 Å². The zero-order chi connectivity index (χ0) is 11.8. The second kappa shape index (κ2) is 4.33. The summed E-state index contributed by atoms with van der Waals surface area (Å²) in [6.45, 7) is 0.905. The summed E-state index contributed by atoms with van der Waals surface area (Å²) in [4.78, 5) is 7.53. The van der Waals surface area contributed by atoms with Crippen molar-refractivity contribution in [2.75, 3.05) is 6.54 Å². The van der Waals surface area contributed by atoms with E-state index in [1.807, 2.05) is 12.1 Å². The van der Waals surface area contributed by atoms with Crippen molar-refractivity contribution in [3.05, 3.63) is 51.5 Å². The van der Waals surface area contributed by atoms with Gasteiger partial charge in [0.15, 0.2) is 0 Å². The maximum Gasteiger partial charge on any atom is 0.0926 e. The van der Waals surface area contributed by atoms with Gasteiger partial charge in [-0.25, -0.2) is 4.98 Å². The van der Waals surface area contributed by atoms with Crippen molar-refractivity contribution < 1.29 is 0 Å². The zero-order valence-electron chi connectivity index (χ0n) is 9.00. The number of nitrogens with one attached hydrogen (secondary N) is 2. The molecule has 2 heterocycles. The SMILES string of the molecule is Clc1cccc([C@@H]2NCCc3[nH]cnc32)c1Cl. The van der Waals surface area contributed by atoms with Crippen LogP contribution in [0.4, 0.5) is 0 Å². The molecule has 1 aromatic carbocycles. The van der Waals surface area contributed by atoms with Crippen molar-refractivity contribution in [3.63, 3.8) is 0 Å². The molecule has 0 unspecified atom stereocenters. The number of halogens is 2. The van der Waals surface area contributed by atoms with Crippen LogP contribution in [0.1, 0.15) is 23.0 Å². The van der Waals surface area contributed by atoms with Gasteiger partial charge in [-0.3, -0.25) is 0 Å². The predicted octanol–water partition coefficient (Wildman–Crippen LogP) is 2.95. The molecule has 2 N–H and O–H groups in total. The summed E-state index contributed by atoms with van der Waals surface area (Å²) in [5.41, 5.74) is 3.16. The Labute approximate surface area is 109 Å². The average Bonchev–Trinajstić information content (AvgIpc) is 2.81. The lowest BCUT2D eigenvalue weighted by Crippen LogP contribution is -2.30. The normalized spacial score (nSPS) is 19.1. The van der Waals surface area contributed by atoms with Crippen molar-refractivity contribution >= 4 is 23.2 Å². The van der Waals surface area contributed by atoms with Gasteiger partial charge in [0.1, 0.15) is 0 Å². The molecule has 0 aliphatic carbocycles. The van der Waals surface area contributed by atoms with E-state index in [1.54, 1.807) is 12.4 Å². The second-order valence-corrected chi connectivity index (χ2v) is 4.83. The molecule has 3 rings (SSSR count). The summed E-state index contributed by atoms with van der Waals surface area (Å²) in [6, 6.07) is 5.71. The molecule has 0 saturated heterocycles. The first-order valence-corrected chi connectivity index (χ1v) is 6.22. The highest BCUT2D eigenvalue weighted by Crippen LogP contribution is 2.34. The Balaban J connectivity index is 2.10. The van der Waals surface area contributed by atoms with Crippen LogP contribution in [-0.2, 0) is 6.42 Å². The summed E-state index contributed by atoms with van der Waals surface area (Å²) >= 11 is 12.3. The molecule has 1 aliphatic rings. The number of aromatic amines is 1. The number of hydrogen-bond acceptors (Lipinski definition) is 2. The Morgan fingerprint density at radius 2 is 2.18 bits per heavy atom. The molecule has 3 nitrogen and oxygen atoms in total. The number of fused-ring (bicyclic) bond motifs is 1. The number of hydrogen-bond donors (Lipinski definition) is 2. The van der Waals surface area contributed by atoms with Crippen LogP contribution in [0.5, 0.6) is 0 Å². The lowest BCUT2D eigenvalue weighted by Gasteiger charge is -2.24. The highest BCUT2D eigenvalue weighted by molar-refractivity contribution is 6.42. The number of aromatic nitrogens is 2. The topological polar surface area (TPSA) is 40.7 Å². The lowest BCUT2D eigenvalue weighted by atomic mass is 9.98. The summed E-state index contributed by atoms with van der Waals surface area (Å²) in [6.07, 6.45) is 2.69. The molecule has 0 spiro atoms. The van der Waals surface area contributed by atoms with Gasteiger partial charge in [0.25, 0.3) is 0 Å². The van der Waals surface area contributed by atoms with Gasteiger partial charge in [-0.15, -0.1) is 0 Å². The molecule has 0 saturated carbocycles. The highest BCUT2D eigenvalue weighted by Gasteiger charge is 2.25. The maximum atomic E-state index is 6.25. The first-order valence-electron chi connectivity index (χ1n) is 5.47. The van der Waals surface area contributed by atoms with E-state index in [9.17, 15) is 0 Å². The summed E-state index contributed by atoms with van der Waals surface area (Å²) in [7, 11) is 0. The van der Waals surface area contributed by atoms with Crippen LogP contribution in [0.2, 0.25) is 10.0 Å². The number of benzene rings is 1. The lowest BCUT2D eigenvalue weighted by molar-refractivity contribution is 0.553. The molecule has 88 valence electrons. The molecule has 2 aromatic rings. The van der Waals surface area contributed by atoms with Crippen LogP contribution in [0, 0.1) is 0 Å². The van der Waals surface area contributed by atoms with Crippen molar-refractivity contribution in [3.8, 4) is 0 Å². The van der Waals surface area contributed by atoms with Crippen LogP contribution in [-0.4, -0.2) is 16.5 Å². The molecular formula is C12H11Cl2N3. The molecule has 0 fully saturated rings.